The highest BCUT2D eigenvalue weighted by molar-refractivity contribution is 5.84. The van der Waals surface area contributed by atoms with Gasteiger partial charge in [0.1, 0.15) is 5.54 Å². The van der Waals surface area contributed by atoms with E-state index < -0.39 is 5.54 Å². The smallest absolute Gasteiger partial charge is 0.238 e. The van der Waals surface area contributed by atoms with Crippen molar-refractivity contribution in [2.45, 2.75) is 46.1 Å². The minimum Gasteiger partial charge on any atom is -0.368 e. The second-order valence-corrected chi connectivity index (χ2v) is 5.33. The van der Waals surface area contributed by atoms with Crippen molar-refractivity contribution in [3.63, 3.8) is 0 Å². The normalized spacial score (nSPS) is 16.8. The van der Waals surface area contributed by atoms with Crippen LogP contribution < -0.4 is 11.1 Å². The zero-order chi connectivity index (χ0) is 13.5. The van der Waals surface area contributed by atoms with E-state index in [-0.39, 0.29) is 5.91 Å². The summed E-state index contributed by atoms with van der Waals surface area (Å²) in [5.74, 6) is 0.366. The number of carbonyl (C=O) groups excluding carboxylic acids is 1. The van der Waals surface area contributed by atoms with Gasteiger partial charge in [-0.1, -0.05) is 27.2 Å². The number of carbonyl (C=O) groups is 1. The van der Waals surface area contributed by atoms with Gasteiger partial charge < -0.3 is 16.0 Å². The first-order valence-corrected chi connectivity index (χ1v) is 6.59. The van der Waals surface area contributed by atoms with Crippen LogP contribution in [0.4, 0.5) is 0 Å². The maximum atomic E-state index is 11.6. The van der Waals surface area contributed by atoms with Crippen LogP contribution in [-0.4, -0.2) is 43.0 Å². The van der Waals surface area contributed by atoms with Crippen LogP contribution in [-0.2, 0) is 4.79 Å². The van der Waals surface area contributed by atoms with E-state index in [1.807, 2.05) is 14.0 Å². The topological polar surface area (TPSA) is 58.4 Å². The molecule has 0 radical (unpaired) electrons. The molecule has 0 bridgehead atoms. The Morgan fingerprint density at radius 3 is 2.47 bits per heavy atom. The number of nitrogens with one attached hydrogen (secondary N) is 1. The molecule has 0 aromatic rings. The van der Waals surface area contributed by atoms with Gasteiger partial charge in [0, 0.05) is 13.1 Å². The third-order valence-electron chi connectivity index (χ3n) is 3.22. The summed E-state index contributed by atoms with van der Waals surface area (Å²) in [7, 11) is 2.04. The lowest BCUT2D eigenvalue weighted by Crippen LogP contribution is -2.59. The van der Waals surface area contributed by atoms with Crippen LogP contribution in [0, 0.1) is 5.92 Å². The molecule has 2 atom stereocenters. The van der Waals surface area contributed by atoms with Crippen molar-refractivity contribution in [1.29, 1.82) is 0 Å². The number of amides is 1. The molecule has 0 fully saturated rings. The Hall–Kier alpha value is -0.610. The summed E-state index contributed by atoms with van der Waals surface area (Å²) in [6.07, 6.45) is 2.15. The molecule has 0 rings (SSSR count). The van der Waals surface area contributed by atoms with E-state index in [2.05, 4.69) is 31.0 Å². The van der Waals surface area contributed by atoms with Gasteiger partial charge in [0.15, 0.2) is 0 Å². The largest absolute Gasteiger partial charge is 0.368 e. The predicted octanol–water partition coefficient (Wildman–Crippen LogP) is 1.21. The lowest BCUT2D eigenvalue weighted by atomic mass is 9.99. The minimum absolute atomic E-state index is 0.276. The Kier molecular flexibility index (Phi) is 7.39. The fourth-order valence-electron chi connectivity index (χ4n) is 1.89. The van der Waals surface area contributed by atoms with E-state index in [9.17, 15) is 4.79 Å². The molecule has 0 aliphatic rings. The zero-order valence-corrected chi connectivity index (χ0v) is 12.0. The number of nitrogens with zero attached hydrogens (tertiary/aromatic N) is 1. The summed E-state index contributed by atoms with van der Waals surface area (Å²) in [6.45, 7) is 10.8. The molecule has 0 aliphatic carbocycles. The van der Waals surface area contributed by atoms with Gasteiger partial charge in [-0.15, -0.1) is 0 Å². The number of hydrogen-bond donors (Lipinski definition) is 2. The molecule has 4 nitrogen and oxygen atoms in total. The Bertz CT molecular complexity index is 233. The van der Waals surface area contributed by atoms with Crippen LogP contribution >= 0.6 is 0 Å². The number of hydrogen-bond acceptors (Lipinski definition) is 3. The van der Waals surface area contributed by atoms with E-state index in [1.54, 1.807) is 0 Å². The number of rotatable bonds is 9. The average molecular weight is 243 g/mol. The van der Waals surface area contributed by atoms with Crippen molar-refractivity contribution in [2.24, 2.45) is 11.7 Å². The first kappa shape index (κ1) is 16.4. The van der Waals surface area contributed by atoms with Gasteiger partial charge >= 0.3 is 0 Å². The molecule has 0 spiro atoms. The van der Waals surface area contributed by atoms with Gasteiger partial charge in [0.2, 0.25) is 5.91 Å². The molecule has 0 saturated heterocycles. The number of primary amides is 1. The van der Waals surface area contributed by atoms with Gasteiger partial charge in [0.05, 0.1) is 0 Å². The Labute approximate surface area is 106 Å². The van der Waals surface area contributed by atoms with Crippen molar-refractivity contribution < 1.29 is 4.79 Å². The highest BCUT2D eigenvalue weighted by Gasteiger charge is 2.31. The van der Waals surface area contributed by atoms with Crippen molar-refractivity contribution in [1.82, 2.24) is 10.2 Å². The average Bonchev–Trinajstić information content (AvgIpc) is 2.25. The number of nitrogens with two attached hydrogens (primary N) is 1. The van der Waals surface area contributed by atoms with E-state index in [1.165, 1.54) is 0 Å². The molecule has 2 unspecified atom stereocenters. The second-order valence-electron chi connectivity index (χ2n) is 5.33. The number of likely N-dealkylation sites (N-methyl/N-ethyl adjacent to an activating group) is 1. The van der Waals surface area contributed by atoms with Gasteiger partial charge in [-0.3, -0.25) is 4.79 Å². The summed E-state index contributed by atoms with van der Waals surface area (Å²) in [5.41, 5.74) is 4.87. The third kappa shape index (κ3) is 6.03. The third-order valence-corrected chi connectivity index (χ3v) is 3.22. The summed E-state index contributed by atoms with van der Waals surface area (Å²) in [6, 6.07) is 0. The maximum absolute atomic E-state index is 11.6. The van der Waals surface area contributed by atoms with Crippen molar-refractivity contribution in [3.8, 4) is 0 Å². The summed E-state index contributed by atoms with van der Waals surface area (Å²) in [4.78, 5) is 13.7. The molecule has 4 heteroatoms. The standard InChI is InChI=1S/C13H29N3O/c1-6-8-15-13(4,12(14)17)10-16(5)9-11(3)7-2/h11,15H,6-10H2,1-5H3,(H2,14,17). The van der Waals surface area contributed by atoms with E-state index >= 15 is 0 Å². The molecule has 0 aromatic heterocycles. The summed E-state index contributed by atoms with van der Waals surface area (Å²) >= 11 is 0. The molecule has 0 aromatic carbocycles. The van der Waals surface area contributed by atoms with Gasteiger partial charge in [-0.2, -0.15) is 0 Å². The molecule has 0 saturated carbocycles. The van der Waals surface area contributed by atoms with Crippen molar-refractivity contribution in [3.05, 3.63) is 0 Å². The van der Waals surface area contributed by atoms with Crippen molar-refractivity contribution >= 4 is 5.91 Å². The van der Waals surface area contributed by atoms with Crippen LogP contribution in [0.15, 0.2) is 0 Å². The highest BCUT2D eigenvalue weighted by Crippen LogP contribution is 2.09. The Balaban J connectivity index is 4.37. The SMILES string of the molecule is CCCNC(C)(CN(C)CC(C)CC)C(N)=O. The lowest BCUT2D eigenvalue weighted by Gasteiger charge is -2.33. The molecular formula is C13H29N3O. The summed E-state index contributed by atoms with van der Waals surface area (Å²) < 4.78 is 0. The Morgan fingerprint density at radius 2 is 2.06 bits per heavy atom. The fourth-order valence-corrected chi connectivity index (χ4v) is 1.89. The predicted molar refractivity (Wildman–Crippen MR) is 72.8 cm³/mol. The molecule has 1 amide bonds. The quantitative estimate of drug-likeness (QED) is 0.640. The highest BCUT2D eigenvalue weighted by atomic mass is 16.1. The minimum atomic E-state index is -0.627. The molecule has 17 heavy (non-hydrogen) atoms. The zero-order valence-electron chi connectivity index (χ0n) is 12.0. The van der Waals surface area contributed by atoms with Gasteiger partial charge in [-0.05, 0) is 32.9 Å². The van der Waals surface area contributed by atoms with Gasteiger partial charge in [0.25, 0.3) is 0 Å². The first-order chi connectivity index (χ1) is 7.85. The van der Waals surface area contributed by atoms with Crippen LogP contribution in [0.2, 0.25) is 0 Å². The molecule has 102 valence electrons. The van der Waals surface area contributed by atoms with Crippen molar-refractivity contribution in [2.75, 3.05) is 26.7 Å². The van der Waals surface area contributed by atoms with Crippen LogP contribution in [0.5, 0.6) is 0 Å². The lowest BCUT2D eigenvalue weighted by molar-refractivity contribution is -0.124. The Morgan fingerprint density at radius 1 is 1.47 bits per heavy atom. The summed E-state index contributed by atoms with van der Waals surface area (Å²) in [5, 5.41) is 3.25. The monoisotopic (exact) mass is 243 g/mol. The van der Waals surface area contributed by atoms with Crippen LogP contribution in [0.25, 0.3) is 0 Å². The van der Waals surface area contributed by atoms with Crippen LogP contribution in [0.1, 0.15) is 40.5 Å². The molecule has 3 N–H and O–H groups in total. The molecule has 0 heterocycles. The van der Waals surface area contributed by atoms with E-state index in [0.717, 1.165) is 25.9 Å². The van der Waals surface area contributed by atoms with Gasteiger partial charge in [-0.25, -0.2) is 0 Å². The second kappa shape index (κ2) is 7.67. The maximum Gasteiger partial charge on any atom is 0.238 e. The molecule has 0 aliphatic heterocycles. The van der Waals surface area contributed by atoms with E-state index in [0.29, 0.717) is 12.5 Å². The molecular weight excluding hydrogens is 214 g/mol. The van der Waals surface area contributed by atoms with E-state index in [4.69, 9.17) is 5.73 Å². The fraction of sp³-hybridized carbons (Fsp3) is 0.923. The van der Waals surface area contributed by atoms with Crippen LogP contribution in [0.3, 0.4) is 0 Å². The first-order valence-electron chi connectivity index (χ1n) is 6.59.